The summed E-state index contributed by atoms with van der Waals surface area (Å²) in [5.41, 5.74) is 5.20. The van der Waals surface area contributed by atoms with Crippen LogP contribution in [0.3, 0.4) is 0 Å². The summed E-state index contributed by atoms with van der Waals surface area (Å²) in [7, 11) is -3.39. The van der Waals surface area contributed by atoms with Crippen LogP contribution in [0.15, 0.2) is 0 Å². The van der Waals surface area contributed by atoms with Gasteiger partial charge in [0.15, 0.2) is 9.84 Å². The molecule has 0 fully saturated rings. The lowest BCUT2D eigenvalue weighted by Gasteiger charge is -2.05. The molecule has 0 aromatic heterocycles. The lowest BCUT2D eigenvalue weighted by atomic mass is 10.3. The quantitative estimate of drug-likeness (QED) is 0.476. The molecule has 94 valence electrons. The van der Waals surface area contributed by atoms with Crippen molar-refractivity contribution >= 4 is 33.0 Å². The van der Waals surface area contributed by atoms with Gasteiger partial charge in [-0.15, -0.1) is 0 Å². The van der Waals surface area contributed by atoms with Crippen molar-refractivity contribution in [3.8, 4) is 0 Å². The van der Waals surface area contributed by atoms with Crippen LogP contribution in [0.25, 0.3) is 0 Å². The summed E-state index contributed by atoms with van der Waals surface area (Å²) >= 11 is 4.58. The number of nitrogens with two attached hydrogens (primary N) is 1. The third-order valence-electron chi connectivity index (χ3n) is 1.86. The Bertz CT molecular complexity index is 339. The van der Waals surface area contributed by atoms with Crippen molar-refractivity contribution in [2.24, 2.45) is 5.73 Å². The number of thiocarbonyl (C=S) groups is 1. The summed E-state index contributed by atoms with van der Waals surface area (Å²) in [5, 5.41) is 2.55. The lowest BCUT2D eigenvalue weighted by Crippen LogP contribution is -2.32. The third-order valence-corrected chi connectivity index (χ3v) is 3.60. The fourth-order valence-electron chi connectivity index (χ4n) is 0.984. The van der Waals surface area contributed by atoms with Crippen LogP contribution in [0.1, 0.15) is 26.2 Å². The minimum absolute atomic E-state index is 0.125. The molecule has 0 aliphatic rings. The summed E-state index contributed by atoms with van der Waals surface area (Å²) < 4.78 is 22.8. The van der Waals surface area contributed by atoms with Crippen LogP contribution in [0.4, 0.5) is 0 Å². The first-order valence-corrected chi connectivity index (χ1v) is 7.35. The highest BCUT2D eigenvalue weighted by Gasteiger charge is 2.16. The molecule has 0 heterocycles. The molecular formula is C9H18N2O3S2. The van der Waals surface area contributed by atoms with Gasteiger partial charge in [0.1, 0.15) is 5.75 Å². The Morgan fingerprint density at radius 2 is 2.06 bits per heavy atom. The fourth-order valence-corrected chi connectivity index (χ4v) is 2.39. The molecular weight excluding hydrogens is 248 g/mol. The van der Waals surface area contributed by atoms with Crippen molar-refractivity contribution in [3.05, 3.63) is 0 Å². The van der Waals surface area contributed by atoms with Crippen LogP contribution in [0, 0.1) is 0 Å². The molecule has 0 unspecified atom stereocenters. The van der Waals surface area contributed by atoms with Crippen molar-refractivity contribution in [2.75, 3.05) is 18.1 Å². The number of carbonyl (C=O) groups excluding carboxylic acids is 1. The second-order valence-electron chi connectivity index (χ2n) is 3.51. The predicted octanol–water partition coefficient (Wildman–Crippen LogP) is -0.00630. The molecule has 0 spiro atoms. The van der Waals surface area contributed by atoms with E-state index in [4.69, 9.17) is 5.73 Å². The molecule has 0 aliphatic heterocycles. The monoisotopic (exact) mass is 266 g/mol. The van der Waals surface area contributed by atoms with E-state index < -0.39 is 21.5 Å². The van der Waals surface area contributed by atoms with Gasteiger partial charge in [-0.1, -0.05) is 25.6 Å². The molecule has 0 aromatic carbocycles. The molecule has 5 nitrogen and oxygen atoms in total. The molecule has 0 radical (unpaired) electrons. The molecule has 0 aromatic rings. The van der Waals surface area contributed by atoms with Gasteiger partial charge in [-0.3, -0.25) is 4.79 Å². The van der Waals surface area contributed by atoms with E-state index in [9.17, 15) is 13.2 Å². The normalized spacial score (nSPS) is 11.1. The van der Waals surface area contributed by atoms with Gasteiger partial charge in [0.05, 0.1) is 10.7 Å². The van der Waals surface area contributed by atoms with Crippen LogP contribution in [0.5, 0.6) is 0 Å². The minimum Gasteiger partial charge on any atom is -0.393 e. The van der Waals surface area contributed by atoms with Gasteiger partial charge in [0.2, 0.25) is 5.91 Å². The van der Waals surface area contributed by atoms with E-state index in [1.54, 1.807) is 0 Å². The summed E-state index contributed by atoms with van der Waals surface area (Å²) in [5.74, 6) is -1.11. The molecule has 7 heteroatoms. The van der Waals surface area contributed by atoms with Crippen molar-refractivity contribution < 1.29 is 13.2 Å². The first kappa shape index (κ1) is 15.3. The van der Waals surface area contributed by atoms with Crippen LogP contribution in [-0.2, 0) is 14.6 Å². The maximum atomic E-state index is 11.4. The number of nitrogens with one attached hydrogen (secondary N) is 1. The molecule has 0 atom stereocenters. The Morgan fingerprint density at radius 3 is 2.56 bits per heavy atom. The van der Waals surface area contributed by atoms with E-state index in [1.165, 1.54) is 0 Å². The van der Waals surface area contributed by atoms with Crippen molar-refractivity contribution in [2.45, 2.75) is 26.2 Å². The highest BCUT2D eigenvalue weighted by molar-refractivity contribution is 7.92. The van der Waals surface area contributed by atoms with Crippen LogP contribution in [0.2, 0.25) is 0 Å². The highest BCUT2D eigenvalue weighted by Crippen LogP contribution is 1.95. The largest absolute Gasteiger partial charge is 0.393 e. The Balaban J connectivity index is 3.96. The van der Waals surface area contributed by atoms with Crippen LogP contribution < -0.4 is 11.1 Å². The van der Waals surface area contributed by atoms with Gasteiger partial charge in [-0.05, 0) is 6.42 Å². The standard InChI is InChI=1S/C9H18N2O3S2/c1-2-3-5-11-9(12)7-16(13,14)6-4-8(10)15/h2-7H2,1H3,(H2,10,15)(H,11,12). The Labute approximate surface area is 102 Å². The van der Waals surface area contributed by atoms with Gasteiger partial charge >= 0.3 is 0 Å². The number of unbranched alkanes of at least 4 members (excludes halogenated alkanes) is 1. The summed E-state index contributed by atoms with van der Waals surface area (Å²) in [4.78, 5) is 11.4. The maximum absolute atomic E-state index is 11.4. The second kappa shape index (κ2) is 7.56. The topological polar surface area (TPSA) is 89.3 Å². The second-order valence-corrected chi connectivity index (χ2v) is 6.22. The third kappa shape index (κ3) is 8.60. The van der Waals surface area contributed by atoms with Crippen molar-refractivity contribution in [3.63, 3.8) is 0 Å². The summed E-state index contributed by atoms with van der Waals surface area (Å²) in [6.07, 6.45) is 1.92. The van der Waals surface area contributed by atoms with E-state index in [0.29, 0.717) is 6.54 Å². The van der Waals surface area contributed by atoms with E-state index in [0.717, 1.165) is 12.8 Å². The van der Waals surface area contributed by atoms with E-state index in [-0.39, 0.29) is 17.2 Å². The number of rotatable bonds is 8. The molecule has 3 N–H and O–H groups in total. The zero-order chi connectivity index (χ0) is 12.6. The van der Waals surface area contributed by atoms with E-state index in [2.05, 4.69) is 17.5 Å². The van der Waals surface area contributed by atoms with Gasteiger partial charge in [0.25, 0.3) is 0 Å². The number of sulfone groups is 1. The molecule has 1 amide bonds. The molecule has 0 aliphatic carbocycles. The molecule has 0 saturated carbocycles. The van der Waals surface area contributed by atoms with Crippen molar-refractivity contribution in [1.82, 2.24) is 5.32 Å². The average molecular weight is 266 g/mol. The first-order valence-electron chi connectivity index (χ1n) is 5.13. The van der Waals surface area contributed by atoms with E-state index in [1.807, 2.05) is 6.92 Å². The predicted molar refractivity (Wildman–Crippen MR) is 68.0 cm³/mol. The fraction of sp³-hybridized carbons (Fsp3) is 0.778. The Hall–Kier alpha value is -0.690. The average Bonchev–Trinajstić information content (AvgIpc) is 2.15. The first-order chi connectivity index (χ1) is 7.37. The lowest BCUT2D eigenvalue weighted by molar-refractivity contribution is -0.118. The Kier molecular flexibility index (Phi) is 7.24. The number of hydrogen-bond donors (Lipinski definition) is 2. The van der Waals surface area contributed by atoms with Gasteiger partial charge in [0, 0.05) is 13.0 Å². The SMILES string of the molecule is CCCCNC(=O)CS(=O)(=O)CCC(N)=S. The molecule has 0 rings (SSSR count). The smallest absolute Gasteiger partial charge is 0.235 e. The zero-order valence-electron chi connectivity index (χ0n) is 9.36. The number of amides is 1. The molecule has 0 bridgehead atoms. The van der Waals surface area contributed by atoms with Gasteiger partial charge < -0.3 is 11.1 Å². The van der Waals surface area contributed by atoms with Crippen LogP contribution >= 0.6 is 12.2 Å². The Morgan fingerprint density at radius 1 is 1.44 bits per heavy atom. The zero-order valence-corrected chi connectivity index (χ0v) is 11.0. The maximum Gasteiger partial charge on any atom is 0.235 e. The molecule has 16 heavy (non-hydrogen) atoms. The van der Waals surface area contributed by atoms with Gasteiger partial charge in [-0.25, -0.2) is 8.42 Å². The van der Waals surface area contributed by atoms with Crippen molar-refractivity contribution in [1.29, 1.82) is 0 Å². The highest BCUT2D eigenvalue weighted by atomic mass is 32.2. The summed E-state index contributed by atoms with van der Waals surface area (Å²) in [6.45, 7) is 2.51. The van der Waals surface area contributed by atoms with Crippen LogP contribution in [-0.4, -0.2) is 37.4 Å². The number of hydrogen-bond acceptors (Lipinski definition) is 4. The van der Waals surface area contributed by atoms with Gasteiger partial charge in [-0.2, -0.15) is 0 Å². The number of carbonyl (C=O) groups is 1. The minimum atomic E-state index is -3.39. The van der Waals surface area contributed by atoms with E-state index >= 15 is 0 Å². The summed E-state index contributed by atoms with van der Waals surface area (Å²) in [6, 6.07) is 0. The molecule has 0 saturated heterocycles.